The molecule has 7 aromatic carbocycles. The molecule has 5 heteroatoms. The van der Waals surface area contributed by atoms with Crippen LogP contribution in [0.5, 0.6) is 0 Å². The molecule has 5 nitrogen and oxygen atoms in total. The number of hydrogen-bond acceptors (Lipinski definition) is 4. The SMILES string of the molecule is c1ccc(-c2nc(-c3ccc4c(c3)oc3ccc(-n5c6ccccc6c6ccccc65)cc34)nc(-c3ccccc3-c3ccccc3)n2)cc1. The highest BCUT2D eigenvalue weighted by molar-refractivity contribution is 6.10. The Morgan fingerprint density at radius 1 is 0.360 bits per heavy atom. The van der Waals surface area contributed by atoms with Gasteiger partial charge in [-0.3, -0.25) is 0 Å². The van der Waals surface area contributed by atoms with Crippen molar-refractivity contribution < 1.29 is 4.42 Å². The maximum atomic E-state index is 6.49. The third-order valence-corrected chi connectivity index (χ3v) is 9.47. The van der Waals surface area contributed by atoms with Crippen molar-refractivity contribution in [3.63, 3.8) is 0 Å². The van der Waals surface area contributed by atoms with Crippen LogP contribution in [0.25, 0.3) is 94.7 Å². The molecule has 0 spiro atoms. The van der Waals surface area contributed by atoms with E-state index in [1.165, 1.54) is 21.8 Å². The van der Waals surface area contributed by atoms with Gasteiger partial charge in [0, 0.05) is 43.9 Å². The van der Waals surface area contributed by atoms with Crippen LogP contribution in [0.15, 0.2) is 174 Å². The molecule has 0 radical (unpaired) electrons. The second-order valence-electron chi connectivity index (χ2n) is 12.4. The van der Waals surface area contributed by atoms with Crippen molar-refractivity contribution in [3.05, 3.63) is 170 Å². The Morgan fingerprint density at radius 2 is 0.940 bits per heavy atom. The third kappa shape index (κ3) is 4.60. The molecule has 234 valence electrons. The quantitative estimate of drug-likeness (QED) is 0.188. The maximum absolute atomic E-state index is 6.49. The molecular formula is C45H28N4O. The summed E-state index contributed by atoms with van der Waals surface area (Å²) in [5, 5.41) is 4.58. The van der Waals surface area contributed by atoms with E-state index < -0.39 is 0 Å². The number of nitrogens with zero attached hydrogens (tertiary/aromatic N) is 4. The number of benzene rings is 7. The van der Waals surface area contributed by atoms with Crippen molar-refractivity contribution in [2.24, 2.45) is 0 Å². The lowest BCUT2D eigenvalue weighted by Crippen LogP contribution is -2.01. The minimum atomic E-state index is 0.588. The highest BCUT2D eigenvalue weighted by Gasteiger charge is 2.18. The molecular weight excluding hydrogens is 613 g/mol. The second-order valence-corrected chi connectivity index (χ2v) is 12.4. The molecule has 0 N–H and O–H groups in total. The van der Waals surface area contributed by atoms with Crippen molar-refractivity contribution in [1.82, 2.24) is 19.5 Å². The molecule has 0 saturated carbocycles. The molecule has 0 bridgehead atoms. The van der Waals surface area contributed by atoms with Crippen molar-refractivity contribution in [2.75, 3.05) is 0 Å². The topological polar surface area (TPSA) is 56.7 Å². The average Bonchev–Trinajstić information content (AvgIpc) is 3.73. The molecule has 10 rings (SSSR count). The molecule has 0 atom stereocenters. The van der Waals surface area contributed by atoms with Crippen LogP contribution < -0.4 is 0 Å². The monoisotopic (exact) mass is 640 g/mol. The Labute approximate surface area is 287 Å². The van der Waals surface area contributed by atoms with Crippen molar-refractivity contribution >= 4 is 43.7 Å². The maximum Gasteiger partial charge on any atom is 0.164 e. The van der Waals surface area contributed by atoms with Gasteiger partial charge in [0.25, 0.3) is 0 Å². The van der Waals surface area contributed by atoms with Gasteiger partial charge >= 0.3 is 0 Å². The predicted octanol–water partition coefficient (Wildman–Crippen LogP) is 11.5. The molecule has 50 heavy (non-hydrogen) atoms. The van der Waals surface area contributed by atoms with Gasteiger partial charge in [0.15, 0.2) is 17.5 Å². The molecule has 3 aromatic heterocycles. The van der Waals surface area contributed by atoms with E-state index >= 15 is 0 Å². The first-order valence-electron chi connectivity index (χ1n) is 16.7. The van der Waals surface area contributed by atoms with E-state index in [2.05, 4.69) is 120 Å². The van der Waals surface area contributed by atoms with E-state index in [0.717, 1.165) is 55.4 Å². The Bertz CT molecular complexity index is 2820. The number of furan rings is 1. The van der Waals surface area contributed by atoms with Crippen molar-refractivity contribution in [1.29, 1.82) is 0 Å². The molecule has 0 aliphatic heterocycles. The van der Waals surface area contributed by atoms with Crippen LogP contribution in [0, 0.1) is 0 Å². The van der Waals surface area contributed by atoms with Gasteiger partial charge in [0.05, 0.1) is 11.0 Å². The van der Waals surface area contributed by atoms with Gasteiger partial charge in [-0.1, -0.05) is 127 Å². The highest BCUT2D eigenvalue weighted by atomic mass is 16.3. The predicted molar refractivity (Wildman–Crippen MR) is 203 cm³/mol. The van der Waals surface area contributed by atoms with Gasteiger partial charge in [-0.2, -0.15) is 0 Å². The van der Waals surface area contributed by atoms with Crippen LogP contribution in [0.1, 0.15) is 0 Å². The highest BCUT2D eigenvalue weighted by Crippen LogP contribution is 2.37. The first-order valence-corrected chi connectivity index (χ1v) is 16.7. The number of rotatable bonds is 5. The van der Waals surface area contributed by atoms with E-state index in [0.29, 0.717) is 17.5 Å². The Morgan fingerprint density at radius 3 is 1.66 bits per heavy atom. The van der Waals surface area contributed by atoms with Gasteiger partial charge in [-0.05, 0) is 53.6 Å². The standard InChI is InChI=1S/C45H28N4O/c1-3-13-29(14-4-1)33-17-7-8-20-37(33)45-47-43(30-15-5-2-6-16-30)46-44(48-45)31-23-25-36-38-28-32(24-26-41(38)50-42(36)27-31)49-39-21-11-9-18-34(39)35-19-10-12-22-40(35)49/h1-28H. The normalized spacial score (nSPS) is 11.6. The van der Waals surface area contributed by atoms with Crippen LogP contribution >= 0.6 is 0 Å². The molecule has 0 unspecified atom stereocenters. The molecule has 0 fully saturated rings. The van der Waals surface area contributed by atoms with Gasteiger partial charge in [0.1, 0.15) is 11.2 Å². The summed E-state index contributed by atoms with van der Waals surface area (Å²) in [6.07, 6.45) is 0. The average molecular weight is 641 g/mol. The van der Waals surface area contributed by atoms with Crippen LogP contribution in [0.4, 0.5) is 0 Å². The second kappa shape index (κ2) is 11.4. The summed E-state index contributed by atoms with van der Waals surface area (Å²) in [5.41, 5.74) is 9.97. The lowest BCUT2D eigenvalue weighted by atomic mass is 9.99. The van der Waals surface area contributed by atoms with E-state index in [-0.39, 0.29) is 0 Å². The van der Waals surface area contributed by atoms with E-state index in [1.54, 1.807) is 0 Å². The fraction of sp³-hybridized carbons (Fsp3) is 0. The van der Waals surface area contributed by atoms with Crippen LogP contribution in [-0.2, 0) is 0 Å². The number of fused-ring (bicyclic) bond motifs is 6. The molecule has 10 aromatic rings. The molecule has 0 aliphatic rings. The Kier molecular flexibility index (Phi) is 6.42. The first-order chi connectivity index (χ1) is 24.8. The van der Waals surface area contributed by atoms with Gasteiger partial charge in [-0.15, -0.1) is 0 Å². The summed E-state index contributed by atoms with van der Waals surface area (Å²) in [5.74, 6) is 1.83. The molecule has 0 aliphatic carbocycles. The van der Waals surface area contributed by atoms with Gasteiger partial charge in [0.2, 0.25) is 0 Å². The summed E-state index contributed by atoms with van der Waals surface area (Å²) in [6, 6.07) is 58.5. The summed E-state index contributed by atoms with van der Waals surface area (Å²) in [4.78, 5) is 15.1. The Balaban J connectivity index is 1.13. The smallest absolute Gasteiger partial charge is 0.164 e. The van der Waals surface area contributed by atoms with Gasteiger partial charge < -0.3 is 8.98 Å². The lowest BCUT2D eigenvalue weighted by Gasteiger charge is -2.12. The minimum Gasteiger partial charge on any atom is -0.456 e. The zero-order chi connectivity index (χ0) is 33.0. The minimum absolute atomic E-state index is 0.588. The number of aromatic nitrogens is 4. The van der Waals surface area contributed by atoms with Crippen LogP contribution in [-0.4, -0.2) is 19.5 Å². The Hall–Kier alpha value is -6.85. The van der Waals surface area contributed by atoms with Crippen molar-refractivity contribution in [3.8, 4) is 51.0 Å². The van der Waals surface area contributed by atoms with Crippen molar-refractivity contribution in [2.45, 2.75) is 0 Å². The van der Waals surface area contributed by atoms with Crippen LogP contribution in [0.2, 0.25) is 0 Å². The summed E-state index contributed by atoms with van der Waals surface area (Å²) in [7, 11) is 0. The zero-order valence-electron chi connectivity index (χ0n) is 26.9. The lowest BCUT2D eigenvalue weighted by molar-refractivity contribution is 0.669. The summed E-state index contributed by atoms with van der Waals surface area (Å²) in [6.45, 7) is 0. The summed E-state index contributed by atoms with van der Waals surface area (Å²) >= 11 is 0. The molecule has 0 saturated heterocycles. The first kappa shape index (κ1) is 28.2. The number of hydrogen-bond donors (Lipinski definition) is 0. The fourth-order valence-corrected chi connectivity index (χ4v) is 7.13. The van der Waals surface area contributed by atoms with E-state index in [9.17, 15) is 0 Å². The van der Waals surface area contributed by atoms with E-state index in [1.807, 2.05) is 54.6 Å². The van der Waals surface area contributed by atoms with Gasteiger partial charge in [-0.25, -0.2) is 15.0 Å². The zero-order valence-corrected chi connectivity index (χ0v) is 26.9. The summed E-state index contributed by atoms with van der Waals surface area (Å²) < 4.78 is 8.82. The largest absolute Gasteiger partial charge is 0.456 e. The third-order valence-electron chi connectivity index (χ3n) is 9.47. The van der Waals surface area contributed by atoms with Crippen LogP contribution in [0.3, 0.4) is 0 Å². The van der Waals surface area contributed by atoms with E-state index in [4.69, 9.17) is 19.4 Å². The fourth-order valence-electron chi connectivity index (χ4n) is 7.13. The molecule has 3 heterocycles. The molecule has 0 amide bonds. The number of para-hydroxylation sites is 2.